The third-order valence-corrected chi connectivity index (χ3v) is 3.65. The molecule has 3 rings (SSSR count). The fraction of sp³-hybridized carbons (Fsp3) is 0.235. The highest BCUT2D eigenvalue weighted by atomic mass is 19.4. The molecule has 1 aliphatic rings. The van der Waals surface area contributed by atoms with E-state index < -0.39 is 17.9 Å². The van der Waals surface area contributed by atoms with E-state index in [2.05, 4.69) is 5.10 Å². The van der Waals surface area contributed by atoms with Gasteiger partial charge in [-0.25, -0.2) is 0 Å². The molecule has 1 unspecified atom stereocenters. The van der Waals surface area contributed by atoms with E-state index in [0.717, 1.165) is 16.3 Å². The summed E-state index contributed by atoms with van der Waals surface area (Å²) in [6, 6.07) is 8.03. The van der Waals surface area contributed by atoms with Crippen LogP contribution in [0.5, 0.6) is 0 Å². The largest absolute Gasteiger partial charge is 0.433 e. The second-order valence-corrected chi connectivity index (χ2v) is 5.34. The maximum absolute atomic E-state index is 13.3. The Morgan fingerprint density at radius 1 is 1.14 bits per heavy atom. The summed E-state index contributed by atoms with van der Waals surface area (Å²) in [5.74, 6) is 0. The lowest BCUT2D eigenvalue weighted by Gasteiger charge is -2.18. The first-order chi connectivity index (χ1) is 10.4. The Morgan fingerprint density at radius 3 is 2.45 bits per heavy atom. The molecule has 114 valence electrons. The predicted molar refractivity (Wildman–Crippen MR) is 79.3 cm³/mol. The van der Waals surface area contributed by atoms with Gasteiger partial charge in [-0.1, -0.05) is 54.1 Å². The average Bonchev–Trinajstić information content (AvgIpc) is 2.94. The molecule has 1 aromatic heterocycles. The number of hydrogen-bond donors (Lipinski definition) is 0. The monoisotopic (exact) mass is 304 g/mol. The van der Waals surface area contributed by atoms with Crippen LogP contribution in [-0.4, -0.2) is 9.78 Å². The molecule has 1 heterocycles. The molecule has 1 aliphatic carbocycles. The van der Waals surface area contributed by atoms with Crippen LogP contribution in [-0.2, 0) is 6.18 Å². The van der Waals surface area contributed by atoms with E-state index >= 15 is 0 Å². The fourth-order valence-electron chi connectivity index (χ4n) is 2.47. The van der Waals surface area contributed by atoms with E-state index in [1.165, 1.54) is 0 Å². The number of aromatic nitrogens is 2. The normalized spacial score (nSPS) is 17.9. The van der Waals surface area contributed by atoms with Crippen LogP contribution in [0.15, 0.2) is 54.6 Å². The standard InChI is InChI=1S/C17H15F3N2/c1-12-7-9-13(10-8-12)15-11-16(17(18,19)20)22(21-15)14-5-3-2-4-6-14/h2-5,7-11,14H,6H2,1H3. The molecule has 5 heteroatoms. The van der Waals surface area contributed by atoms with Gasteiger partial charge in [0.2, 0.25) is 0 Å². The van der Waals surface area contributed by atoms with Crippen LogP contribution < -0.4 is 0 Å². The van der Waals surface area contributed by atoms with E-state index in [4.69, 9.17) is 0 Å². The number of allylic oxidation sites excluding steroid dienone is 4. The molecule has 0 saturated carbocycles. The Bertz CT molecular complexity index is 721. The summed E-state index contributed by atoms with van der Waals surface area (Å²) in [6.45, 7) is 1.93. The molecule has 0 fully saturated rings. The van der Waals surface area contributed by atoms with Gasteiger partial charge >= 0.3 is 6.18 Å². The van der Waals surface area contributed by atoms with Crippen LogP contribution in [0.4, 0.5) is 13.2 Å². The summed E-state index contributed by atoms with van der Waals surface area (Å²) < 4.78 is 41.0. The summed E-state index contributed by atoms with van der Waals surface area (Å²) >= 11 is 0. The van der Waals surface area contributed by atoms with E-state index in [0.29, 0.717) is 17.7 Å². The maximum Gasteiger partial charge on any atom is 0.433 e. The summed E-state index contributed by atoms with van der Waals surface area (Å²) in [5, 5.41) is 4.21. The molecule has 1 aromatic carbocycles. The van der Waals surface area contributed by atoms with Crippen LogP contribution in [0.1, 0.15) is 23.7 Å². The molecule has 0 bridgehead atoms. The number of halogens is 3. The molecule has 2 aromatic rings. The van der Waals surface area contributed by atoms with Gasteiger partial charge in [0, 0.05) is 5.56 Å². The zero-order valence-electron chi connectivity index (χ0n) is 12.0. The lowest BCUT2D eigenvalue weighted by atomic mass is 10.1. The van der Waals surface area contributed by atoms with Crippen molar-refractivity contribution in [2.24, 2.45) is 0 Å². The quantitative estimate of drug-likeness (QED) is 0.769. The number of alkyl halides is 3. The SMILES string of the molecule is Cc1ccc(-c2cc(C(F)(F)F)n(C3C=CC=CC3)n2)cc1. The highest BCUT2D eigenvalue weighted by Gasteiger charge is 2.37. The van der Waals surface area contributed by atoms with Gasteiger partial charge in [0.1, 0.15) is 5.69 Å². The Balaban J connectivity index is 2.06. The number of aryl methyl sites for hydroxylation is 1. The molecule has 0 saturated heterocycles. The predicted octanol–water partition coefficient (Wildman–Crippen LogP) is 4.93. The van der Waals surface area contributed by atoms with Crippen LogP contribution in [0.2, 0.25) is 0 Å². The summed E-state index contributed by atoms with van der Waals surface area (Å²) in [5.41, 5.74) is 1.37. The van der Waals surface area contributed by atoms with Crippen molar-refractivity contribution in [3.63, 3.8) is 0 Å². The Morgan fingerprint density at radius 2 is 1.86 bits per heavy atom. The van der Waals surface area contributed by atoms with Gasteiger partial charge in [0.25, 0.3) is 0 Å². The van der Waals surface area contributed by atoms with Gasteiger partial charge in [0.15, 0.2) is 0 Å². The number of benzene rings is 1. The molecule has 0 radical (unpaired) electrons. The van der Waals surface area contributed by atoms with E-state index in [9.17, 15) is 13.2 Å². The first kappa shape index (κ1) is 14.6. The van der Waals surface area contributed by atoms with Crippen molar-refractivity contribution in [2.75, 3.05) is 0 Å². The third-order valence-electron chi connectivity index (χ3n) is 3.65. The third kappa shape index (κ3) is 2.84. The minimum absolute atomic E-state index is 0.343. The molecule has 1 atom stereocenters. The Hall–Kier alpha value is -2.30. The maximum atomic E-state index is 13.3. The van der Waals surface area contributed by atoms with Crippen LogP contribution in [0, 0.1) is 6.92 Å². The minimum Gasteiger partial charge on any atom is -0.253 e. The van der Waals surface area contributed by atoms with Crippen molar-refractivity contribution in [2.45, 2.75) is 25.6 Å². The molecular formula is C17H15F3N2. The van der Waals surface area contributed by atoms with Crippen molar-refractivity contribution in [3.05, 3.63) is 65.9 Å². The lowest BCUT2D eigenvalue weighted by molar-refractivity contribution is -0.144. The first-order valence-electron chi connectivity index (χ1n) is 7.02. The summed E-state index contributed by atoms with van der Waals surface area (Å²) in [6.07, 6.45) is 3.24. The van der Waals surface area contributed by atoms with Crippen molar-refractivity contribution in [1.82, 2.24) is 9.78 Å². The zero-order valence-corrected chi connectivity index (χ0v) is 12.0. The molecule has 0 aliphatic heterocycles. The Labute approximate surface area is 126 Å². The topological polar surface area (TPSA) is 17.8 Å². The smallest absolute Gasteiger partial charge is 0.253 e. The van der Waals surface area contributed by atoms with Gasteiger partial charge in [-0.05, 0) is 19.4 Å². The van der Waals surface area contributed by atoms with Gasteiger partial charge < -0.3 is 0 Å². The first-order valence-corrected chi connectivity index (χ1v) is 7.02. The highest BCUT2D eigenvalue weighted by molar-refractivity contribution is 5.60. The van der Waals surface area contributed by atoms with Crippen LogP contribution in [0.25, 0.3) is 11.3 Å². The van der Waals surface area contributed by atoms with Gasteiger partial charge in [-0.3, -0.25) is 4.68 Å². The van der Waals surface area contributed by atoms with E-state index in [1.54, 1.807) is 24.3 Å². The highest BCUT2D eigenvalue weighted by Crippen LogP contribution is 2.35. The second-order valence-electron chi connectivity index (χ2n) is 5.34. The van der Waals surface area contributed by atoms with Gasteiger partial charge in [0.05, 0.1) is 11.7 Å². The fourth-order valence-corrected chi connectivity index (χ4v) is 2.47. The molecule has 0 N–H and O–H groups in total. The minimum atomic E-state index is -4.43. The number of hydrogen-bond acceptors (Lipinski definition) is 1. The molecule has 0 amide bonds. The summed E-state index contributed by atoms with van der Waals surface area (Å²) in [7, 11) is 0. The lowest BCUT2D eigenvalue weighted by Crippen LogP contribution is -2.18. The molecular weight excluding hydrogens is 289 g/mol. The molecule has 2 nitrogen and oxygen atoms in total. The van der Waals surface area contributed by atoms with Crippen molar-refractivity contribution in [1.29, 1.82) is 0 Å². The van der Waals surface area contributed by atoms with Crippen molar-refractivity contribution < 1.29 is 13.2 Å². The number of rotatable bonds is 2. The van der Waals surface area contributed by atoms with Gasteiger partial charge in [-0.15, -0.1) is 0 Å². The zero-order chi connectivity index (χ0) is 15.7. The second kappa shape index (κ2) is 5.48. The van der Waals surface area contributed by atoms with Crippen molar-refractivity contribution in [3.8, 4) is 11.3 Å². The van der Waals surface area contributed by atoms with E-state index in [-0.39, 0.29) is 0 Å². The number of nitrogens with zero attached hydrogens (tertiary/aromatic N) is 2. The van der Waals surface area contributed by atoms with Crippen molar-refractivity contribution >= 4 is 0 Å². The average molecular weight is 304 g/mol. The summed E-state index contributed by atoms with van der Waals surface area (Å²) in [4.78, 5) is 0. The van der Waals surface area contributed by atoms with E-state index in [1.807, 2.05) is 31.2 Å². The van der Waals surface area contributed by atoms with Crippen LogP contribution >= 0.6 is 0 Å². The molecule has 22 heavy (non-hydrogen) atoms. The van der Waals surface area contributed by atoms with Gasteiger partial charge in [-0.2, -0.15) is 18.3 Å². The Kier molecular flexibility index (Phi) is 3.64. The van der Waals surface area contributed by atoms with Crippen LogP contribution in [0.3, 0.4) is 0 Å². The molecule has 0 spiro atoms.